The fourth-order valence-corrected chi connectivity index (χ4v) is 2.88. The first-order valence-electron chi connectivity index (χ1n) is 8.67. The predicted molar refractivity (Wildman–Crippen MR) is 108 cm³/mol. The SMILES string of the molecule is Cc1ccc(C=Nn2c(-c3cccnc3)nc3ccccc3c2=O)cc1C. The Labute approximate surface area is 156 Å². The first-order chi connectivity index (χ1) is 13.1. The molecule has 0 amide bonds. The zero-order chi connectivity index (χ0) is 18.8. The van der Waals surface area contributed by atoms with Crippen LogP contribution in [-0.4, -0.2) is 20.9 Å². The normalized spacial score (nSPS) is 11.3. The molecule has 0 N–H and O–H groups in total. The fourth-order valence-electron chi connectivity index (χ4n) is 2.88. The van der Waals surface area contributed by atoms with Crippen LogP contribution >= 0.6 is 0 Å². The zero-order valence-electron chi connectivity index (χ0n) is 15.1. The van der Waals surface area contributed by atoms with Gasteiger partial charge in [-0.25, -0.2) is 4.98 Å². The predicted octanol–water partition coefficient (Wildman–Crippen LogP) is 3.96. The molecule has 27 heavy (non-hydrogen) atoms. The summed E-state index contributed by atoms with van der Waals surface area (Å²) in [6, 6.07) is 17.0. The van der Waals surface area contributed by atoms with E-state index in [4.69, 9.17) is 0 Å². The van der Waals surface area contributed by atoms with Gasteiger partial charge < -0.3 is 0 Å². The molecule has 0 atom stereocenters. The minimum Gasteiger partial charge on any atom is -0.267 e. The summed E-state index contributed by atoms with van der Waals surface area (Å²) in [7, 11) is 0. The van der Waals surface area contributed by atoms with Crippen LogP contribution in [0, 0.1) is 13.8 Å². The number of para-hydroxylation sites is 1. The summed E-state index contributed by atoms with van der Waals surface area (Å²) in [5.41, 5.74) is 4.48. The molecule has 0 aliphatic heterocycles. The second-order valence-electron chi connectivity index (χ2n) is 6.40. The first-order valence-corrected chi connectivity index (χ1v) is 8.67. The van der Waals surface area contributed by atoms with Gasteiger partial charge in [0.1, 0.15) is 0 Å². The maximum absolute atomic E-state index is 13.1. The van der Waals surface area contributed by atoms with Crippen molar-refractivity contribution < 1.29 is 0 Å². The number of nitrogens with zero attached hydrogens (tertiary/aromatic N) is 4. The second kappa shape index (κ2) is 6.96. The lowest BCUT2D eigenvalue weighted by Gasteiger charge is -2.09. The molecule has 4 aromatic rings. The van der Waals surface area contributed by atoms with Gasteiger partial charge in [0.15, 0.2) is 5.82 Å². The number of hydrogen-bond donors (Lipinski definition) is 0. The van der Waals surface area contributed by atoms with E-state index in [9.17, 15) is 4.79 Å². The van der Waals surface area contributed by atoms with Crippen LogP contribution in [0.4, 0.5) is 0 Å². The van der Waals surface area contributed by atoms with Crippen molar-refractivity contribution in [2.75, 3.05) is 0 Å². The van der Waals surface area contributed by atoms with E-state index in [0.29, 0.717) is 16.7 Å². The maximum atomic E-state index is 13.1. The smallest absolute Gasteiger partial charge is 0.267 e. The molecule has 0 unspecified atom stereocenters. The number of fused-ring (bicyclic) bond motifs is 1. The molecular weight excluding hydrogens is 336 g/mol. The van der Waals surface area contributed by atoms with Crippen LogP contribution in [-0.2, 0) is 0 Å². The summed E-state index contributed by atoms with van der Waals surface area (Å²) >= 11 is 0. The van der Waals surface area contributed by atoms with Crippen LogP contribution in [0.25, 0.3) is 22.3 Å². The van der Waals surface area contributed by atoms with Gasteiger partial charge in [-0.15, -0.1) is 0 Å². The van der Waals surface area contributed by atoms with Crippen molar-refractivity contribution in [3.05, 3.63) is 94.0 Å². The molecule has 4 rings (SSSR count). The molecule has 0 saturated heterocycles. The molecule has 5 nitrogen and oxygen atoms in total. The highest BCUT2D eigenvalue weighted by molar-refractivity contribution is 5.82. The largest absolute Gasteiger partial charge is 0.282 e. The van der Waals surface area contributed by atoms with Gasteiger partial charge in [0.25, 0.3) is 5.56 Å². The van der Waals surface area contributed by atoms with Crippen molar-refractivity contribution in [3.63, 3.8) is 0 Å². The summed E-state index contributed by atoms with van der Waals surface area (Å²) in [5, 5.41) is 4.99. The highest BCUT2D eigenvalue weighted by Crippen LogP contribution is 2.18. The lowest BCUT2D eigenvalue weighted by molar-refractivity contribution is 0.829. The number of pyridine rings is 1. The molecule has 0 radical (unpaired) electrons. The maximum Gasteiger partial charge on any atom is 0.282 e. The summed E-state index contributed by atoms with van der Waals surface area (Å²) in [6.07, 6.45) is 5.05. The number of rotatable bonds is 3. The Morgan fingerprint density at radius 3 is 2.63 bits per heavy atom. The Bertz CT molecular complexity index is 1210. The van der Waals surface area contributed by atoms with Gasteiger partial charge >= 0.3 is 0 Å². The van der Waals surface area contributed by atoms with E-state index in [1.54, 1.807) is 24.7 Å². The third kappa shape index (κ3) is 3.27. The van der Waals surface area contributed by atoms with Crippen molar-refractivity contribution in [1.29, 1.82) is 0 Å². The number of hydrogen-bond acceptors (Lipinski definition) is 4. The molecule has 0 bridgehead atoms. The summed E-state index contributed by atoms with van der Waals surface area (Å²) in [4.78, 5) is 21.9. The average Bonchev–Trinajstić information content (AvgIpc) is 2.70. The quantitative estimate of drug-likeness (QED) is 0.523. The van der Waals surface area contributed by atoms with Gasteiger partial charge in [-0.2, -0.15) is 9.78 Å². The van der Waals surface area contributed by atoms with Gasteiger partial charge in [-0.05, 0) is 54.8 Å². The summed E-state index contributed by atoms with van der Waals surface area (Å²) < 4.78 is 1.34. The second-order valence-corrected chi connectivity index (χ2v) is 6.40. The van der Waals surface area contributed by atoms with Crippen molar-refractivity contribution in [2.45, 2.75) is 13.8 Å². The summed E-state index contributed by atoms with van der Waals surface area (Å²) in [6.45, 7) is 4.12. The Morgan fingerprint density at radius 1 is 1.00 bits per heavy atom. The molecule has 0 saturated carbocycles. The van der Waals surface area contributed by atoms with Crippen molar-refractivity contribution in [3.8, 4) is 11.4 Å². The standard InChI is InChI=1S/C22H18N4O/c1-15-9-10-17(12-16(15)2)13-24-26-21(18-6-5-11-23-14-18)25-20-8-4-3-7-19(20)22(26)27/h3-14H,1-2H3. The number of aryl methyl sites for hydroxylation is 2. The van der Waals surface area contributed by atoms with Crippen LogP contribution in [0.5, 0.6) is 0 Å². The molecule has 2 heterocycles. The Kier molecular flexibility index (Phi) is 4.34. The van der Waals surface area contributed by atoms with E-state index in [1.807, 2.05) is 48.5 Å². The van der Waals surface area contributed by atoms with Crippen LogP contribution in [0.15, 0.2) is 76.9 Å². The third-order valence-corrected chi connectivity index (χ3v) is 4.53. The monoisotopic (exact) mass is 354 g/mol. The van der Waals surface area contributed by atoms with Crippen molar-refractivity contribution in [2.24, 2.45) is 5.10 Å². The van der Waals surface area contributed by atoms with Gasteiger partial charge in [-0.3, -0.25) is 9.78 Å². The molecule has 0 fully saturated rings. The van der Waals surface area contributed by atoms with Crippen LogP contribution < -0.4 is 5.56 Å². The highest BCUT2D eigenvalue weighted by atomic mass is 16.1. The molecule has 0 aliphatic carbocycles. The molecular formula is C22H18N4O. The van der Waals surface area contributed by atoms with Gasteiger partial charge in [0.05, 0.1) is 17.1 Å². The average molecular weight is 354 g/mol. The van der Waals surface area contributed by atoms with E-state index in [2.05, 4.69) is 28.9 Å². The molecule has 2 aromatic heterocycles. The van der Waals surface area contributed by atoms with Gasteiger partial charge in [-0.1, -0.05) is 30.3 Å². The Morgan fingerprint density at radius 2 is 1.85 bits per heavy atom. The molecule has 0 aliphatic rings. The lowest BCUT2D eigenvalue weighted by atomic mass is 10.1. The fraction of sp³-hybridized carbons (Fsp3) is 0.0909. The van der Waals surface area contributed by atoms with E-state index in [-0.39, 0.29) is 5.56 Å². The molecule has 0 spiro atoms. The van der Waals surface area contributed by atoms with Crippen LogP contribution in [0.1, 0.15) is 16.7 Å². The third-order valence-electron chi connectivity index (χ3n) is 4.53. The minimum atomic E-state index is -0.209. The lowest BCUT2D eigenvalue weighted by Crippen LogP contribution is -2.20. The van der Waals surface area contributed by atoms with Crippen LogP contribution in [0.2, 0.25) is 0 Å². The highest BCUT2D eigenvalue weighted by Gasteiger charge is 2.12. The number of benzene rings is 2. The van der Waals surface area contributed by atoms with Gasteiger partial charge in [0.2, 0.25) is 0 Å². The topological polar surface area (TPSA) is 60.1 Å². The molecule has 2 aromatic carbocycles. The van der Waals surface area contributed by atoms with Crippen molar-refractivity contribution in [1.82, 2.24) is 14.6 Å². The first kappa shape index (κ1) is 16.8. The Balaban J connectivity index is 1.92. The van der Waals surface area contributed by atoms with E-state index < -0.39 is 0 Å². The van der Waals surface area contributed by atoms with Gasteiger partial charge in [0, 0.05) is 18.0 Å². The summed E-state index contributed by atoms with van der Waals surface area (Å²) in [5.74, 6) is 0.465. The minimum absolute atomic E-state index is 0.209. The van der Waals surface area contributed by atoms with E-state index >= 15 is 0 Å². The molecule has 5 heteroatoms. The zero-order valence-corrected chi connectivity index (χ0v) is 15.1. The number of aromatic nitrogens is 3. The Hall–Kier alpha value is -3.60. The molecule has 132 valence electrons. The van der Waals surface area contributed by atoms with E-state index in [1.165, 1.54) is 15.8 Å². The van der Waals surface area contributed by atoms with E-state index in [0.717, 1.165) is 11.1 Å². The van der Waals surface area contributed by atoms with Crippen LogP contribution in [0.3, 0.4) is 0 Å². The van der Waals surface area contributed by atoms with Crippen molar-refractivity contribution >= 4 is 17.1 Å².